The van der Waals surface area contributed by atoms with E-state index in [9.17, 15) is 43.5 Å². The van der Waals surface area contributed by atoms with E-state index in [-0.39, 0.29) is 19.3 Å². The van der Waals surface area contributed by atoms with Gasteiger partial charge in [-0.2, -0.15) is 0 Å². The fourth-order valence-electron chi connectivity index (χ4n) is 12.3. The first kappa shape index (κ1) is 108. The lowest BCUT2D eigenvalue weighted by atomic mass is 10.0. The third-order valence-corrected chi connectivity index (χ3v) is 21.0. The van der Waals surface area contributed by atoms with Crippen LogP contribution in [0.4, 0.5) is 0 Å². The first-order valence-electron chi connectivity index (χ1n) is 45.1. The Bertz CT molecular complexity index is 2630. The molecule has 0 fully saturated rings. The standard InChI is InChI=1S/C95H164O16P2/c1-4-7-10-13-16-19-22-25-28-30-32-34-36-38-40-42-43-44-45-47-49-50-52-54-56-58-61-63-66-69-72-75-78-81-93(98)105-84-90(96)85-107-112(101,102)108-86-91(97)87-109-113(103,104)110-89-92(111-95(100)83-80-77-74-71-68-65-60-27-24-21-18-15-12-9-6-3)88-106-94(99)82-79-76-73-70-67-64-62-59-57-55-53-51-48-46-41-39-37-35-33-31-29-26-23-20-17-14-11-8-5-2/h7-8,10-11,16-17,19-20,25-26,28-29,32-35,38-41,43-44,48,51,90-92,96-97H,4-6,9,12-15,18,21-24,27,30-31,36-37,42,45-47,49-50,52-89H2,1-3H3,(H,101,102)(H,103,104)/b10-7-,11-8-,19-16-,20-17-,28-25-,29-26-,34-32-,35-33-,40-38-,41-39-,44-43-,51-48-. The van der Waals surface area contributed by atoms with Crippen LogP contribution in [-0.4, -0.2) is 95.9 Å². The fourth-order valence-corrected chi connectivity index (χ4v) is 13.9. The monoisotopic (exact) mass is 1620 g/mol. The van der Waals surface area contributed by atoms with Gasteiger partial charge >= 0.3 is 33.6 Å². The topological polar surface area (TPSA) is 231 Å². The lowest BCUT2D eigenvalue weighted by Crippen LogP contribution is -2.30. The molecule has 18 heteroatoms. The Labute approximate surface area is 689 Å². The highest BCUT2D eigenvalue weighted by Gasteiger charge is 2.29. The van der Waals surface area contributed by atoms with Crippen LogP contribution in [0.1, 0.15) is 380 Å². The number of ether oxygens (including phenoxy) is 3. The van der Waals surface area contributed by atoms with E-state index < -0.39 is 91.5 Å². The molecule has 0 aromatic heterocycles. The molecule has 0 spiro atoms. The highest BCUT2D eigenvalue weighted by atomic mass is 31.2. The van der Waals surface area contributed by atoms with Gasteiger partial charge in [0.05, 0.1) is 26.4 Å². The van der Waals surface area contributed by atoms with E-state index in [0.717, 1.165) is 161 Å². The van der Waals surface area contributed by atoms with Gasteiger partial charge in [0.15, 0.2) is 6.10 Å². The van der Waals surface area contributed by atoms with Crippen LogP contribution in [0, 0.1) is 0 Å². The molecule has 0 heterocycles. The third kappa shape index (κ3) is 88.1. The minimum absolute atomic E-state index is 0.106. The maximum absolute atomic E-state index is 13.0. The van der Waals surface area contributed by atoms with Gasteiger partial charge in [0.2, 0.25) is 0 Å². The van der Waals surface area contributed by atoms with Gasteiger partial charge in [0.25, 0.3) is 0 Å². The van der Waals surface area contributed by atoms with E-state index >= 15 is 0 Å². The average Bonchev–Trinajstić information content (AvgIpc) is 0.903. The quantitative estimate of drug-likeness (QED) is 0.0146. The van der Waals surface area contributed by atoms with Crippen LogP contribution in [0.25, 0.3) is 0 Å². The van der Waals surface area contributed by atoms with E-state index in [1.807, 2.05) is 0 Å². The first-order valence-corrected chi connectivity index (χ1v) is 48.1. The van der Waals surface area contributed by atoms with E-state index in [0.29, 0.717) is 19.3 Å². The highest BCUT2D eigenvalue weighted by molar-refractivity contribution is 7.47. The van der Waals surface area contributed by atoms with Crippen molar-refractivity contribution in [2.24, 2.45) is 0 Å². The summed E-state index contributed by atoms with van der Waals surface area (Å²) in [5.74, 6) is -1.56. The number of phosphoric acid groups is 2. The van der Waals surface area contributed by atoms with Crippen molar-refractivity contribution in [1.29, 1.82) is 0 Å². The zero-order valence-corrected chi connectivity index (χ0v) is 73.3. The van der Waals surface area contributed by atoms with Crippen molar-refractivity contribution >= 4 is 33.6 Å². The molecule has 0 aliphatic carbocycles. The number of rotatable bonds is 85. The summed E-state index contributed by atoms with van der Waals surface area (Å²) >= 11 is 0. The second kappa shape index (κ2) is 86.8. The van der Waals surface area contributed by atoms with E-state index in [1.54, 1.807) is 0 Å². The van der Waals surface area contributed by atoms with Gasteiger partial charge in [-0.25, -0.2) is 9.13 Å². The normalized spacial score (nSPS) is 14.5. The number of esters is 3. The molecule has 0 aromatic carbocycles. The molecule has 0 amide bonds. The molecule has 0 radical (unpaired) electrons. The minimum atomic E-state index is -4.94. The predicted octanol–water partition coefficient (Wildman–Crippen LogP) is 27.6. The van der Waals surface area contributed by atoms with Gasteiger partial charge < -0.3 is 34.2 Å². The number of carbonyl (C=O) groups is 3. The molecule has 0 saturated heterocycles. The summed E-state index contributed by atoms with van der Waals surface area (Å²) < 4.78 is 61.4. The second-order valence-electron chi connectivity index (χ2n) is 30.0. The molecule has 0 aliphatic rings. The summed E-state index contributed by atoms with van der Waals surface area (Å²) in [7, 11) is -9.80. The van der Waals surface area contributed by atoms with Crippen molar-refractivity contribution in [3.8, 4) is 0 Å². The number of hydrogen-bond donors (Lipinski definition) is 4. The SMILES string of the molecule is CC/C=C\C/C=C\C/C=C\C/C=C\C/C=C\C/C=C\CCCCCCCCCCCCCCCCC(=O)OCC(O)COP(=O)(O)OCC(O)COP(=O)(O)OCC(COC(=O)CCCCCCCCCCCC/C=C\C/C=C\C/C=C\C/C=C\C/C=C\C/C=C\CC)OC(=O)CCCCCCCCCCCCCCCCC. The number of carbonyl (C=O) groups excluding carboxylic acids is 3. The molecule has 0 rings (SSSR count). The Hall–Kier alpha value is -4.57. The number of phosphoric ester groups is 2. The number of unbranched alkanes of at least 4 members (excludes halogenated alkanes) is 38. The summed E-state index contributed by atoms with van der Waals surface area (Å²) in [6.45, 7) is 2.50. The smallest absolute Gasteiger partial charge is 0.463 e. The van der Waals surface area contributed by atoms with E-state index in [4.69, 9.17) is 32.3 Å². The molecular formula is C95H164O16P2. The molecule has 5 atom stereocenters. The average molecular weight is 1620 g/mol. The molecular weight excluding hydrogens is 1460 g/mol. The van der Waals surface area contributed by atoms with Crippen LogP contribution in [0.2, 0.25) is 0 Å². The molecule has 650 valence electrons. The van der Waals surface area contributed by atoms with Crippen LogP contribution in [0.15, 0.2) is 146 Å². The summed E-state index contributed by atoms with van der Waals surface area (Å²) in [4.78, 5) is 58.9. The highest BCUT2D eigenvalue weighted by Crippen LogP contribution is 2.45. The van der Waals surface area contributed by atoms with Crippen molar-refractivity contribution in [2.75, 3.05) is 39.6 Å². The largest absolute Gasteiger partial charge is 0.472 e. The molecule has 5 unspecified atom stereocenters. The summed E-state index contributed by atoms with van der Waals surface area (Å²) in [6, 6.07) is 0. The summed E-state index contributed by atoms with van der Waals surface area (Å²) in [6.07, 6.45) is 109. The number of allylic oxidation sites excluding steroid dienone is 24. The minimum Gasteiger partial charge on any atom is -0.463 e. The van der Waals surface area contributed by atoms with E-state index in [2.05, 4.69) is 167 Å². The van der Waals surface area contributed by atoms with Crippen molar-refractivity contribution < 1.29 is 75.8 Å². The molecule has 0 bridgehead atoms. The van der Waals surface area contributed by atoms with Crippen LogP contribution in [0.5, 0.6) is 0 Å². The molecule has 4 N–H and O–H groups in total. The molecule has 0 saturated carbocycles. The van der Waals surface area contributed by atoms with Crippen LogP contribution in [-0.2, 0) is 55.8 Å². The Morgan fingerprint density at radius 3 is 0.743 bits per heavy atom. The summed E-state index contributed by atoms with van der Waals surface area (Å²) in [5.41, 5.74) is 0. The second-order valence-corrected chi connectivity index (χ2v) is 32.9. The van der Waals surface area contributed by atoms with Crippen LogP contribution >= 0.6 is 15.6 Å². The van der Waals surface area contributed by atoms with Crippen molar-refractivity contribution in [1.82, 2.24) is 0 Å². The first-order chi connectivity index (χ1) is 55.2. The fraction of sp³-hybridized carbons (Fsp3) is 0.716. The Morgan fingerprint density at radius 1 is 0.257 bits per heavy atom. The van der Waals surface area contributed by atoms with Crippen LogP contribution < -0.4 is 0 Å². The molecule has 16 nitrogen and oxygen atoms in total. The van der Waals surface area contributed by atoms with Gasteiger partial charge in [0.1, 0.15) is 25.4 Å². The lowest BCUT2D eigenvalue weighted by Gasteiger charge is -2.21. The molecule has 0 aromatic rings. The lowest BCUT2D eigenvalue weighted by molar-refractivity contribution is -0.161. The van der Waals surface area contributed by atoms with Gasteiger partial charge in [-0.1, -0.05) is 385 Å². The Kier molecular flexibility index (Phi) is 83.3. The van der Waals surface area contributed by atoms with E-state index in [1.165, 1.54) is 161 Å². The number of aliphatic hydroxyl groups excluding tert-OH is 2. The third-order valence-electron chi connectivity index (χ3n) is 19.1. The zero-order valence-electron chi connectivity index (χ0n) is 71.5. The van der Waals surface area contributed by atoms with Gasteiger partial charge in [-0.05, 0) is 122 Å². The van der Waals surface area contributed by atoms with Gasteiger partial charge in [0, 0.05) is 19.3 Å². The number of aliphatic hydroxyl groups is 2. The maximum Gasteiger partial charge on any atom is 0.472 e. The number of hydrogen-bond acceptors (Lipinski definition) is 14. The van der Waals surface area contributed by atoms with Gasteiger partial charge in [-0.3, -0.25) is 32.5 Å². The van der Waals surface area contributed by atoms with Crippen LogP contribution in [0.3, 0.4) is 0 Å². The Balaban J connectivity index is 4.47. The van der Waals surface area contributed by atoms with Crippen molar-refractivity contribution in [2.45, 2.75) is 399 Å². The maximum atomic E-state index is 13.0. The summed E-state index contributed by atoms with van der Waals surface area (Å²) in [5, 5.41) is 20.7. The van der Waals surface area contributed by atoms with Gasteiger partial charge in [-0.15, -0.1) is 0 Å². The predicted molar refractivity (Wildman–Crippen MR) is 473 cm³/mol. The van der Waals surface area contributed by atoms with Crippen molar-refractivity contribution in [3.63, 3.8) is 0 Å². The van der Waals surface area contributed by atoms with Crippen molar-refractivity contribution in [3.05, 3.63) is 146 Å². The molecule has 113 heavy (non-hydrogen) atoms. The molecule has 0 aliphatic heterocycles. The Morgan fingerprint density at radius 2 is 0.469 bits per heavy atom. The zero-order chi connectivity index (χ0) is 82.2.